The van der Waals surface area contributed by atoms with Gasteiger partial charge in [-0.15, -0.1) is 0 Å². The Morgan fingerprint density at radius 2 is 2.19 bits per heavy atom. The number of benzene rings is 1. The van der Waals surface area contributed by atoms with Gasteiger partial charge < -0.3 is 10.1 Å². The van der Waals surface area contributed by atoms with E-state index in [0.29, 0.717) is 13.2 Å². The number of hydrogen-bond acceptors (Lipinski definition) is 3. The molecule has 0 aliphatic carbocycles. The van der Waals surface area contributed by atoms with Crippen LogP contribution in [-0.4, -0.2) is 28.8 Å². The van der Waals surface area contributed by atoms with Crippen LogP contribution in [0.1, 0.15) is 18.9 Å². The number of aromatic amines is 1. The van der Waals surface area contributed by atoms with Crippen molar-refractivity contribution in [3.63, 3.8) is 0 Å². The van der Waals surface area contributed by atoms with Crippen molar-refractivity contribution in [2.75, 3.05) is 6.61 Å². The normalized spacial score (nSPS) is 21.4. The fourth-order valence-electron chi connectivity index (χ4n) is 2.55. The van der Waals surface area contributed by atoms with Gasteiger partial charge >= 0.3 is 0 Å². The molecule has 2 unspecified atom stereocenters. The van der Waals surface area contributed by atoms with Crippen LogP contribution in [0.25, 0.3) is 11.3 Å². The van der Waals surface area contributed by atoms with E-state index in [1.54, 1.807) is 6.20 Å². The van der Waals surface area contributed by atoms with Gasteiger partial charge in [0.15, 0.2) is 0 Å². The SMILES string of the molecule is CC1CC(C(=O)NCc2ccc(-c3ccn[nH]3)cc2)CO1. The summed E-state index contributed by atoms with van der Waals surface area (Å²) < 4.78 is 5.43. The zero-order chi connectivity index (χ0) is 14.7. The Morgan fingerprint density at radius 1 is 1.38 bits per heavy atom. The third-order valence-electron chi connectivity index (χ3n) is 3.80. The van der Waals surface area contributed by atoms with E-state index in [-0.39, 0.29) is 17.9 Å². The summed E-state index contributed by atoms with van der Waals surface area (Å²) in [6, 6.07) is 10.0. The summed E-state index contributed by atoms with van der Waals surface area (Å²) in [5.74, 6) is 0.0706. The summed E-state index contributed by atoms with van der Waals surface area (Å²) in [4.78, 5) is 12.0. The second-order valence-electron chi connectivity index (χ2n) is 5.46. The molecule has 1 amide bonds. The first-order chi connectivity index (χ1) is 10.2. The molecule has 3 rings (SSSR count). The first-order valence-corrected chi connectivity index (χ1v) is 7.20. The van der Waals surface area contributed by atoms with Gasteiger partial charge in [0.2, 0.25) is 5.91 Å². The largest absolute Gasteiger partial charge is 0.378 e. The molecule has 2 N–H and O–H groups in total. The van der Waals surface area contributed by atoms with E-state index < -0.39 is 0 Å². The molecule has 1 aromatic heterocycles. The summed E-state index contributed by atoms with van der Waals surface area (Å²) in [5.41, 5.74) is 3.15. The quantitative estimate of drug-likeness (QED) is 0.904. The number of H-pyrrole nitrogens is 1. The van der Waals surface area contributed by atoms with E-state index in [1.807, 2.05) is 37.3 Å². The predicted octanol–water partition coefficient (Wildman–Crippen LogP) is 2.12. The maximum atomic E-state index is 12.0. The van der Waals surface area contributed by atoms with E-state index >= 15 is 0 Å². The molecule has 1 aliphatic heterocycles. The Hall–Kier alpha value is -2.14. The zero-order valence-electron chi connectivity index (χ0n) is 12.0. The summed E-state index contributed by atoms with van der Waals surface area (Å²) >= 11 is 0. The maximum absolute atomic E-state index is 12.0. The van der Waals surface area contributed by atoms with Gasteiger partial charge in [-0.1, -0.05) is 24.3 Å². The Kier molecular flexibility index (Phi) is 4.01. The molecule has 0 radical (unpaired) electrons. The molecule has 110 valence electrons. The Morgan fingerprint density at radius 3 is 2.81 bits per heavy atom. The average Bonchev–Trinajstić information content (AvgIpc) is 3.16. The highest BCUT2D eigenvalue weighted by molar-refractivity contribution is 5.79. The molecule has 1 aromatic carbocycles. The van der Waals surface area contributed by atoms with Crippen molar-refractivity contribution in [1.29, 1.82) is 0 Å². The number of nitrogens with zero attached hydrogens (tertiary/aromatic N) is 1. The first kappa shape index (κ1) is 13.8. The van der Waals surface area contributed by atoms with Gasteiger partial charge in [0.25, 0.3) is 0 Å². The van der Waals surface area contributed by atoms with Crippen molar-refractivity contribution >= 4 is 5.91 Å². The van der Waals surface area contributed by atoms with Crippen LogP contribution in [0.2, 0.25) is 0 Å². The molecule has 0 spiro atoms. The lowest BCUT2D eigenvalue weighted by atomic mass is 10.1. The number of amides is 1. The van der Waals surface area contributed by atoms with E-state index in [2.05, 4.69) is 15.5 Å². The van der Waals surface area contributed by atoms with E-state index in [4.69, 9.17) is 4.74 Å². The van der Waals surface area contributed by atoms with Crippen molar-refractivity contribution in [1.82, 2.24) is 15.5 Å². The molecule has 1 aliphatic rings. The van der Waals surface area contributed by atoms with Crippen molar-refractivity contribution < 1.29 is 9.53 Å². The molecule has 5 nitrogen and oxygen atoms in total. The second-order valence-corrected chi connectivity index (χ2v) is 5.46. The van der Waals surface area contributed by atoms with E-state index in [9.17, 15) is 4.79 Å². The van der Waals surface area contributed by atoms with Gasteiger partial charge in [-0.05, 0) is 30.5 Å². The summed E-state index contributed by atoms with van der Waals surface area (Å²) in [5, 5.41) is 9.84. The lowest BCUT2D eigenvalue weighted by molar-refractivity contribution is -0.125. The minimum absolute atomic E-state index is 0.00994. The zero-order valence-corrected chi connectivity index (χ0v) is 12.0. The fraction of sp³-hybridized carbons (Fsp3) is 0.375. The minimum Gasteiger partial charge on any atom is -0.378 e. The topological polar surface area (TPSA) is 67.0 Å². The molecule has 0 saturated carbocycles. The molecular formula is C16H19N3O2. The fourth-order valence-corrected chi connectivity index (χ4v) is 2.55. The molecule has 5 heteroatoms. The highest BCUT2D eigenvalue weighted by atomic mass is 16.5. The molecule has 21 heavy (non-hydrogen) atoms. The monoisotopic (exact) mass is 285 g/mol. The maximum Gasteiger partial charge on any atom is 0.225 e. The van der Waals surface area contributed by atoms with Crippen LogP contribution in [0.5, 0.6) is 0 Å². The standard InChI is InChI=1S/C16H19N3O2/c1-11-8-14(10-21-11)16(20)17-9-12-2-4-13(5-3-12)15-6-7-18-19-15/h2-7,11,14H,8-10H2,1H3,(H,17,20)(H,18,19). The minimum atomic E-state index is -0.00994. The van der Waals surface area contributed by atoms with Crippen LogP contribution >= 0.6 is 0 Å². The smallest absolute Gasteiger partial charge is 0.225 e. The molecule has 2 atom stereocenters. The van der Waals surface area contributed by atoms with E-state index in [0.717, 1.165) is 23.2 Å². The first-order valence-electron chi connectivity index (χ1n) is 7.20. The molecule has 1 fully saturated rings. The number of hydrogen-bond donors (Lipinski definition) is 2. The highest BCUT2D eigenvalue weighted by Crippen LogP contribution is 2.19. The van der Waals surface area contributed by atoms with Gasteiger partial charge in [0.05, 0.1) is 24.3 Å². The van der Waals surface area contributed by atoms with Crippen LogP contribution in [0.15, 0.2) is 36.5 Å². The number of aromatic nitrogens is 2. The Balaban J connectivity index is 1.55. The summed E-state index contributed by atoms with van der Waals surface area (Å²) in [6.07, 6.45) is 2.73. The predicted molar refractivity (Wildman–Crippen MR) is 79.4 cm³/mol. The summed E-state index contributed by atoms with van der Waals surface area (Å²) in [6.45, 7) is 3.08. The molecule has 2 aromatic rings. The molecule has 0 bridgehead atoms. The Labute approximate surface area is 123 Å². The highest BCUT2D eigenvalue weighted by Gasteiger charge is 2.27. The van der Waals surface area contributed by atoms with Crippen molar-refractivity contribution in [2.45, 2.75) is 26.0 Å². The Bertz CT molecular complexity index is 592. The van der Waals surface area contributed by atoms with Crippen molar-refractivity contribution in [3.8, 4) is 11.3 Å². The summed E-state index contributed by atoms with van der Waals surface area (Å²) in [7, 11) is 0. The van der Waals surface area contributed by atoms with Gasteiger partial charge in [0.1, 0.15) is 0 Å². The van der Waals surface area contributed by atoms with Crippen LogP contribution in [-0.2, 0) is 16.1 Å². The van der Waals surface area contributed by atoms with Gasteiger partial charge in [-0.3, -0.25) is 9.89 Å². The molecule has 1 saturated heterocycles. The number of carbonyl (C=O) groups excluding carboxylic acids is 1. The average molecular weight is 285 g/mol. The van der Waals surface area contributed by atoms with Gasteiger partial charge in [0, 0.05) is 12.7 Å². The lowest BCUT2D eigenvalue weighted by Crippen LogP contribution is -2.30. The van der Waals surface area contributed by atoms with Crippen LogP contribution < -0.4 is 5.32 Å². The van der Waals surface area contributed by atoms with Crippen molar-refractivity contribution in [3.05, 3.63) is 42.1 Å². The third kappa shape index (κ3) is 3.31. The molecule has 2 heterocycles. The van der Waals surface area contributed by atoms with Gasteiger partial charge in [-0.2, -0.15) is 5.10 Å². The molecular weight excluding hydrogens is 266 g/mol. The second kappa shape index (κ2) is 6.10. The van der Waals surface area contributed by atoms with Crippen molar-refractivity contribution in [2.24, 2.45) is 5.92 Å². The number of ether oxygens (including phenoxy) is 1. The number of nitrogens with one attached hydrogen (secondary N) is 2. The van der Waals surface area contributed by atoms with Crippen LogP contribution in [0.4, 0.5) is 0 Å². The number of rotatable bonds is 4. The van der Waals surface area contributed by atoms with Crippen LogP contribution in [0, 0.1) is 5.92 Å². The van der Waals surface area contributed by atoms with E-state index in [1.165, 1.54) is 0 Å². The van der Waals surface area contributed by atoms with Crippen LogP contribution in [0.3, 0.4) is 0 Å². The lowest BCUT2D eigenvalue weighted by Gasteiger charge is -2.09. The number of carbonyl (C=O) groups is 1. The third-order valence-corrected chi connectivity index (χ3v) is 3.80. The van der Waals surface area contributed by atoms with Gasteiger partial charge in [-0.25, -0.2) is 0 Å².